The van der Waals surface area contributed by atoms with E-state index in [0.29, 0.717) is 26.4 Å². The first-order chi connectivity index (χ1) is 9.81. The van der Waals surface area contributed by atoms with E-state index >= 15 is 0 Å². The first kappa shape index (κ1) is 15.0. The molecular formula is C15H21NO4. The van der Waals surface area contributed by atoms with Crippen molar-refractivity contribution >= 4 is 5.97 Å². The van der Waals surface area contributed by atoms with Gasteiger partial charge in [-0.2, -0.15) is 0 Å². The maximum atomic E-state index is 11.9. The number of carbonyl (C=O) groups excluding carboxylic acids is 1. The van der Waals surface area contributed by atoms with Crippen LogP contribution in [-0.2, 0) is 25.6 Å². The molecule has 1 saturated heterocycles. The molecule has 0 spiro atoms. The van der Waals surface area contributed by atoms with Gasteiger partial charge in [-0.1, -0.05) is 30.3 Å². The molecule has 5 heteroatoms. The summed E-state index contributed by atoms with van der Waals surface area (Å²) >= 11 is 0. The zero-order valence-corrected chi connectivity index (χ0v) is 11.8. The van der Waals surface area contributed by atoms with Crippen molar-refractivity contribution in [2.45, 2.75) is 12.6 Å². The van der Waals surface area contributed by atoms with Crippen LogP contribution in [0.15, 0.2) is 30.3 Å². The minimum Gasteiger partial charge on any atom is -0.468 e. The maximum Gasteiger partial charge on any atom is 0.325 e. The Morgan fingerprint density at radius 3 is 2.65 bits per heavy atom. The van der Waals surface area contributed by atoms with Crippen molar-refractivity contribution in [2.24, 2.45) is 0 Å². The molecule has 20 heavy (non-hydrogen) atoms. The molecule has 1 aromatic rings. The second-order valence-corrected chi connectivity index (χ2v) is 4.69. The largest absolute Gasteiger partial charge is 0.468 e. The Morgan fingerprint density at radius 2 is 2.00 bits per heavy atom. The standard InChI is InChI=1S/C15H21NO4/c1-18-15(17)14(16-7-9-19-10-8-16)12-20-11-13-5-3-2-4-6-13/h2-6,14H,7-12H2,1H3/t14-/m0/s1. The van der Waals surface area contributed by atoms with Crippen LogP contribution in [0.3, 0.4) is 0 Å². The SMILES string of the molecule is COC(=O)[C@H](COCc1ccccc1)N1CCOCC1. The summed E-state index contributed by atoms with van der Waals surface area (Å²) in [5.74, 6) is -0.250. The van der Waals surface area contributed by atoms with E-state index in [1.54, 1.807) is 0 Å². The van der Waals surface area contributed by atoms with Crippen molar-refractivity contribution < 1.29 is 19.0 Å². The fraction of sp³-hybridized carbons (Fsp3) is 0.533. The molecule has 0 bridgehead atoms. The molecule has 110 valence electrons. The van der Waals surface area contributed by atoms with Crippen LogP contribution in [0.1, 0.15) is 5.56 Å². The summed E-state index contributed by atoms with van der Waals surface area (Å²) in [7, 11) is 1.41. The molecule has 0 N–H and O–H groups in total. The van der Waals surface area contributed by atoms with Gasteiger partial charge in [-0.25, -0.2) is 0 Å². The van der Waals surface area contributed by atoms with Gasteiger partial charge in [0.2, 0.25) is 0 Å². The molecule has 0 aliphatic carbocycles. The molecule has 1 aliphatic heterocycles. The lowest BCUT2D eigenvalue weighted by Crippen LogP contribution is -2.50. The highest BCUT2D eigenvalue weighted by atomic mass is 16.5. The first-order valence-electron chi connectivity index (χ1n) is 6.82. The van der Waals surface area contributed by atoms with Crippen molar-refractivity contribution in [3.8, 4) is 0 Å². The van der Waals surface area contributed by atoms with E-state index in [1.165, 1.54) is 7.11 Å². The number of ether oxygens (including phenoxy) is 3. The Labute approximate surface area is 119 Å². The van der Waals surface area contributed by atoms with Gasteiger partial charge >= 0.3 is 5.97 Å². The lowest BCUT2D eigenvalue weighted by Gasteiger charge is -2.32. The van der Waals surface area contributed by atoms with Crippen molar-refractivity contribution in [1.82, 2.24) is 4.90 Å². The summed E-state index contributed by atoms with van der Waals surface area (Å²) in [6.45, 7) is 3.58. The van der Waals surface area contributed by atoms with E-state index in [9.17, 15) is 4.79 Å². The number of nitrogens with zero attached hydrogens (tertiary/aromatic N) is 1. The number of rotatable bonds is 6. The molecule has 1 aliphatic rings. The van der Waals surface area contributed by atoms with Crippen LogP contribution >= 0.6 is 0 Å². The quantitative estimate of drug-likeness (QED) is 0.729. The number of carbonyl (C=O) groups is 1. The molecule has 0 amide bonds. The van der Waals surface area contributed by atoms with Gasteiger partial charge in [0, 0.05) is 13.1 Å². The third kappa shape index (κ3) is 4.30. The number of esters is 1. The monoisotopic (exact) mass is 279 g/mol. The van der Waals surface area contributed by atoms with Gasteiger partial charge in [0.25, 0.3) is 0 Å². The third-order valence-electron chi connectivity index (χ3n) is 3.35. The highest BCUT2D eigenvalue weighted by Gasteiger charge is 2.28. The van der Waals surface area contributed by atoms with Gasteiger partial charge in [0.15, 0.2) is 0 Å². The summed E-state index contributed by atoms with van der Waals surface area (Å²) < 4.78 is 15.8. The van der Waals surface area contributed by atoms with E-state index in [4.69, 9.17) is 14.2 Å². The Morgan fingerprint density at radius 1 is 1.30 bits per heavy atom. The fourth-order valence-corrected chi connectivity index (χ4v) is 2.21. The summed E-state index contributed by atoms with van der Waals surface area (Å²) in [4.78, 5) is 13.9. The van der Waals surface area contributed by atoms with E-state index in [0.717, 1.165) is 18.7 Å². The Balaban J connectivity index is 1.85. The van der Waals surface area contributed by atoms with Crippen LogP contribution in [-0.4, -0.2) is 56.9 Å². The van der Waals surface area contributed by atoms with Crippen molar-refractivity contribution in [2.75, 3.05) is 40.0 Å². The molecule has 0 saturated carbocycles. The smallest absolute Gasteiger partial charge is 0.325 e. The average molecular weight is 279 g/mol. The van der Waals surface area contributed by atoms with Gasteiger partial charge in [0.05, 0.1) is 33.5 Å². The van der Waals surface area contributed by atoms with E-state index < -0.39 is 0 Å². The van der Waals surface area contributed by atoms with Crippen LogP contribution in [0.4, 0.5) is 0 Å². The summed E-state index contributed by atoms with van der Waals surface area (Å²) in [6.07, 6.45) is 0. The lowest BCUT2D eigenvalue weighted by atomic mass is 10.2. The average Bonchev–Trinajstić information content (AvgIpc) is 2.53. The second kappa shape index (κ2) is 7.99. The minimum absolute atomic E-state index is 0.250. The molecule has 1 atom stereocenters. The second-order valence-electron chi connectivity index (χ2n) is 4.69. The normalized spacial score (nSPS) is 17.6. The summed E-state index contributed by atoms with van der Waals surface area (Å²) in [6, 6.07) is 9.56. The van der Waals surface area contributed by atoms with Crippen LogP contribution in [0.2, 0.25) is 0 Å². The van der Waals surface area contributed by atoms with Gasteiger partial charge in [-0.3, -0.25) is 9.69 Å². The highest BCUT2D eigenvalue weighted by molar-refractivity contribution is 5.75. The molecule has 1 fully saturated rings. The Kier molecular flexibility index (Phi) is 5.98. The number of hydrogen-bond acceptors (Lipinski definition) is 5. The highest BCUT2D eigenvalue weighted by Crippen LogP contribution is 2.08. The molecule has 0 radical (unpaired) electrons. The summed E-state index contributed by atoms with van der Waals surface area (Å²) in [5.41, 5.74) is 1.10. The fourth-order valence-electron chi connectivity index (χ4n) is 2.21. The number of benzene rings is 1. The van der Waals surface area contributed by atoms with Crippen molar-refractivity contribution in [1.29, 1.82) is 0 Å². The van der Waals surface area contributed by atoms with E-state index in [1.807, 2.05) is 30.3 Å². The lowest BCUT2D eigenvalue weighted by molar-refractivity contribution is -0.151. The van der Waals surface area contributed by atoms with Gasteiger partial charge in [-0.05, 0) is 5.56 Å². The van der Waals surface area contributed by atoms with Crippen molar-refractivity contribution in [3.63, 3.8) is 0 Å². The van der Waals surface area contributed by atoms with Gasteiger partial charge in [-0.15, -0.1) is 0 Å². The predicted octanol–water partition coefficient (Wildman–Crippen LogP) is 1.08. The molecule has 5 nitrogen and oxygen atoms in total. The molecule has 0 unspecified atom stereocenters. The number of hydrogen-bond donors (Lipinski definition) is 0. The van der Waals surface area contributed by atoms with E-state index in [2.05, 4.69) is 4.90 Å². The van der Waals surface area contributed by atoms with Crippen LogP contribution in [0.25, 0.3) is 0 Å². The minimum atomic E-state index is -0.354. The van der Waals surface area contributed by atoms with Gasteiger partial charge < -0.3 is 14.2 Å². The van der Waals surface area contributed by atoms with E-state index in [-0.39, 0.29) is 12.0 Å². The summed E-state index contributed by atoms with van der Waals surface area (Å²) in [5, 5.41) is 0. The Hall–Kier alpha value is -1.43. The zero-order valence-electron chi connectivity index (χ0n) is 11.8. The molecule has 0 aromatic heterocycles. The van der Waals surface area contributed by atoms with Crippen LogP contribution in [0.5, 0.6) is 0 Å². The topological polar surface area (TPSA) is 48.0 Å². The van der Waals surface area contributed by atoms with Crippen LogP contribution < -0.4 is 0 Å². The molecule has 2 rings (SSSR count). The molecule has 1 heterocycles. The third-order valence-corrected chi connectivity index (χ3v) is 3.35. The number of morpholine rings is 1. The first-order valence-corrected chi connectivity index (χ1v) is 6.82. The van der Waals surface area contributed by atoms with Gasteiger partial charge in [0.1, 0.15) is 6.04 Å². The number of methoxy groups -OCH3 is 1. The van der Waals surface area contributed by atoms with Crippen molar-refractivity contribution in [3.05, 3.63) is 35.9 Å². The predicted molar refractivity (Wildman–Crippen MR) is 74.3 cm³/mol. The Bertz CT molecular complexity index is 404. The molecule has 1 aromatic carbocycles. The van der Waals surface area contributed by atoms with Crippen LogP contribution in [0, 0.1) is 0 Å². The maximum absolute atomic E-state index is 11.9. The zero-order chi connectivity index (χ0) is 14.2. The molecular weight excluding hydrogens is 258 g/mol.